The number of likely N-dealkylation sites (tertiary alicyclic amines) is 1. The van der Waals surface area contributed by atoms with E-state index in [1.807, 2.05) is 13.8 Å². The number of alkyl halides is 2. The van der Waals surface area contributed by atoms with Crippen LogP contribution in [0.4, 0.5) is 8.78 Å². The van der Waals surface area contributed by atoms with Gasteiger partial charge >= 0.3 is 5.97 Å². The summed E-state index contributed by atoms with van der Waals surface area (Å²) < 4.78 is 28.0. The van der Waals surface area contributed by atoms with Gasteiger partial charge in [0.15, 0.2) is 0 Å². The Bertz CT molecular complexity index is 587. The third-order valence-electron chi connectivity index (χ3n) is 3.90. The smallest absolute Gasteiger partial charge is 0.305 e. The molecule has 128 valence electrons. The van der Waals surface area contributed by atoms with Gasteiger partial charge in [-0.3, -0.25) is 14.3 Å². The molecule has 8 heteroatoms. The number of amides is 1. The maximum absolute atomic E-state index is 13.4. The van der Waals surface area contributed by atoms with E-state index in [0.29, 0.717) is 25.9 Å². The fourth-order valence-electron chi connectivity index (χ4n) is 2.95. The van der Waals surface area contributed by atoms with Crippen LogP contribution >= 0.6 is 0 Å². The highest BCUT2D eigenvalue weighted by molar-refractivity contribution is 5.95. The standard InChI is InChI=1S/C15H21F2N3O3/c1-9(2)8-20-13(14(16)17)11(7-18-20)15(23)19-5-3-4-10(19)6-12(21)22/h7,9-10,14H,3-6,8H2,1-2H3,(H,21,22). The van der Waals surface area contributed by atoms with Gasteiger partial charge in [-0.1, -0.05) is 13.8 Å². The van der Waals surface area contributed by atoms with Gasteiger partial charge in [-0.15, -0.1) is 0 Å². The number of hydrogen-bond donors (Lipinski definition) is 1. The molecule has 1 amide bonds. The number of carboxylic acids is 1. The fraction of sp³-hybridized carbons (Fsp3) is 0.667. The van der Waals surface area contributed by atoms with E-state index in [9.17, 15) is 18.4 Å². The second-order valence-electron chi connectivity index (χ2n) is 6.21. The van der Waals surface area contributed by atoms with Crippen molar-refractivity contribution in [1.29, 1.82) is 0 Å². The van der Waals surface area contributed by atoms with Crippen LogP contribution in [0.1, 0.15) is 55.6 Å². The number of carboxylic acid groups (broad SMARTS) is 1. The molecule has 1 aromatic heterocycles. The largest absolute Gasteiger partial charge is 0.481 e. The van der Waals surface area contributed by atoms with E-state index in [-0.39, 0.29) is 23.6 Å². The van der Waals surface area contributed by atoms with Crippen molar-refractivity contribution in [2.45, 2.75) is 52.1 Å². The summed E-state index contributed by atoms with van der Waals surface area (Å²) in [7, 11) is 0. The highest BCUT2D eigenvalue weighted by Crippen LogP contribution is 2.28. The molecule has 0 aliphatic carbocycles. The van der Waals surface area contributed by atoms with E-state index in [2.05, 4.69) is 5.10 Å². The summed E-state index contributed by atoms with van der Waals surface area (Å²) in [5, 5.41) is 12.8. The quantitative estimate of drug-likeness (QED) is 0.870. The first-order valence-electron chi connectivity index (χ1n) is 7.67. The van der Waals surface area contributed by atoms with E-state index in [1.165, 1.54) is 15.8 Å². The average molecular weight is 329 g/mol. The third-order valence-corrected chi connectivity index (χ3v) is 3.90. The maximum atomic E-state index is 13.4. The molecule has 0 radical (unpaired) electrons. The van der Waals surface area contributed by atoms with Crippen LogP contribution in [0.3, 0.4) is 0 Å². The molecule has 1 aromatic rings. The summed E-state index contributed by atoms with van der Waals surface area (Å²) in [5.41, 5.74) is -0.511. The van der Waals surface area contributed by atoms with E-state index < -0.39 is 24.3 Å². The van der Waals surface area contributed by atoms with Crippen LogP contribution in [-0.4, -0.2) is 44.3 Å². The second-order valence-corrected chi connectivity index (χ2v) is 6.21. The fourth-order valence-corrected chi connectivity index (χ4v) is 2.95. The van der Waals surface area contributed by atoms with Gasteiger partial charge in [-0.25, -0.2) is 8.78 Å². The van der Waals surface area contributed by atoms with Gasteiger partial charge in [0, 0.05) is 19.1 Å². The van der Waals surface area contributed by atoms with Crippen LogP contribution in [0.2, 0.25) is 0 Å². The maximum Gasteiger partial charge on any atom is 0.305 e. The molecule has 1 saturated heterocycles. The molecule has 1 N–H and O–H groups in total. The zero-order valence-electron chi connectivity index (χ0n) is 13.2. The molecule has 0 spiro atoms. The molecule has 0 saturated carbocycles. The Morgan fingerprint density at radius 3 is 2.70 bits per heavy atom. The molecule has 1 unspecified atom stereocenters. The molecule has 1 atom stereocenters. The van der Waals surface area contributed by atoms with Crippen LogP contribution in [0.5, 0.6) is 0 Å². The first-order valence-corrected chi connectivity index (χ1v) is 7.67. The summed E-state index contributed by atoms with van der Waals surface area (Å²) >= 11 is 0. The van der Waals surface area contributed by atoms with Crippen molar-refractivity contribution in [3.05, 3.63) is 17.5 Å². The molecule has 0 aromatic carbocycles. The molecular weight excluding hydrogens is 308 g/mol. The van der Waals surface area contributed by atoms with Crippen LogP contribution in [-0.2, 0) is 11.3 Å². The number of rotatable bonds is 6. The van der Waals surface area contributed by atoms with E-state index >= 15 is 0 Å². The highest BCUT2D eigenvalue weighted by atomic mass is 19.3. The van der Waals surface area contributed by atoms with E-state index in [4.69, 9.17) is 5.11 Å². The molecule has 23 heavy (non-hydrogen) atoms. The van der Waals surface area contributed by atoms with Gasteiger partial charge in [0.2, 0.25) is 0 Å². The summed E-state index contributed by atoms with van der Waals surface area (Å²) in [4.78, 5) is 24.9. The van der Waals surface area contributed by atoms with Crippen LogP contribution in [0.25, 0.3) is 0 Å². The first-order chi connectivity index (χ1) is 10.8. The SMILES string of the molecule is CC(C)Cn1ncc(C(=O)N2CCCC2CC(=O)O)c1C(F)F. The van der Waals surface area contributed by atoms with Gasteiger partial charge < -0.3 is 10.0 Å². The van der Waals surface area contributed by atoms with Crippen molar-refractivity contribution in [3.63, 3.8) is 0 Å². The van der Waals surface area contributed by atoms with Crippen molar-refractivity contribution in [3.8, 4) is 0 Å². The highest BCUT2D eigenvalue weighted by Gasteiger charge is 2.34. The Labute approximate surface area is 133 Å². The third kappa shape index (κ3) is 3.86. The molecule has 1 aliphatic heterocycles. The first kappa shape index (κ1) is 17.4. The van der Waals surface area contributed by atoms with E-state index in [0.717, 1.165) is 0 Å². The summed E-state index contributed by atoms with van der Waals surface area (Å²) in [6.07, 6.45) is -0.565. The van der Waals surface area contributed by atoms with Gasteiger partial charge in [0.05, 0.1) is 18.2 Å². The number of nitrogens with zero attached hydrogens (tertiary/aromatic N) is 3. The average Bonchev–Trinajstić information content (AvgIpc) is 3.03. The van der Waals surface area contributed by atoms with Crippen molar-refractivity contribution in [2.24, 2.45) is 5.92 Å². The molecule has 1 fully saturated rings. The monoisotopic (exact) mass is 329 g/mol. The summed E-state index contributed by atoms with van der Waals surface area (Å²) in [6, 6.07) is -0.445. The minimum Gasteiger partial charge on any atom is -0.481 e. The minimum atomic E-state index is -2.81. The molecule has 2 heterocycles. The van der Waals surface area contributed by atoms with Crippen molar-refractivity contribution < 1.29 is 23.5 Å². The Morgan fingerprint density at radius 1 is 1.43 bits per heavy atom. The second kappa shape index (κ2) is 7.06. The molecule has 6 nitrogen and oxygen atoms in total. The Morgan fingerprint density at radius 2 is 2.13 bits per heavy atom. The van der Waals surface area contributed by atoms with Gasteiger partial charge in [0.1, 0.15) is 5.69 Å². The number of halogens is 2. The summed E-state index contributed by atoms with van der Waals surface area (Å²) in [6.45, 7) is 4.43. The Hall–Kier alpha value is -1.99. The molecular formula is C15H21F2N3O3. The van der Waals surface area contributed by atoms with Crippen LogP contribution in [0.15, 0.2) is 6.20 Å². The number of carbonyl (C=O) groups excluding carboxylic acids is 1. The zero-order valence-corrected chi connectivity index (χ0v) is 13.2. The predicted molar refractivity (Wildman–Crippen MR) is 78.3 cm³/mol. The van der Waals surface area contributed by atoms with E-state index in [1.54, 1.807) is 0 Å². The lowest BCUT2D eigenvalue weighted by molar-refractivity contribution is -0.137. The number of carbonyl (C=O) groups is 2. The van der Waals surface area contributed by atoms with Crippen LogP contribution in [0, 0.1) is 5.92 Å². The molecule has 2 rings (SSSR count). The predicted octanol–water partition coefficient (Wildman–Crippen LogP) is 2.56. The Balaban J connectivity index is 2.28. The zero-order chi connectivity index (χ0) is 17.1. The number of aromatic nitrogens is 2. The van der Waals surface area contributed by atoms with Crippen molar-refractivity contribution >= 4 is 11.9 Å². The van der Waals surface area contributed by atoms with Gasteiger partial charge in [-0.2, -0.15) is 5.10 Å². The number of hydrogen-bond acceptors (Lipinski definition) is 3. The lowest BCUT2D eigenvalue weighted by Gasteiger charge is -2.23. The Kier molecular flexibility index (Phi) is 5.33. The lowest BCUT2D eigenvalue weighted by Crippen LogP contribution is -2.37. The lowest BCUT2D eigenvalue weighted by atomic mass is 10.1. The van der Waals surface area contributed by atoms with Gasteiger partial charge in [-0.05, 0) is 18.8 Å². The van der Waals surface area contributed by atoms with Crippen molar-refractivity contribution in [1.82, 2.24) is 14.7 Å². The molecule has 1 aliphatic rings. The van der Waals surface area contributed by atoms with Crippen molar-refractivity contribution in [2.75, 3.05) is 6.54 Å². The number of aliphatic carboxylic acids is 1. The molecule has 0 bridgehead atoms. The minimum absolute atomic E-state index is 0.113. The summed E-state index contributed by atoms with van der Waals surface area (Å²) in [5.74, 6) is -1.44. The normalized spacial score (nSPS) is 18.2. The topological polar surface area (TPSA) is 75.4 Å². The van der Waals surface area contributed by atoms with Crippen LogP contribution < -0.4 is 0 Å². The van der Waals surface area contributed by atoms with Gasteiger partial charge in [0.25, 0.3) is 12.3 Å².